The van der Waals surface area contributed by atoms with Crippen LogP contribution in [0.2, 0.25) is 5.02 Å². The standard InChI is InChI=1S/C19H20ClN3O4/c20-15-3-1-2-13(10-15)18(25)21-11-17(24)22-16-4-7-23(8-5-16)19(26)14-6-9-27-12-14/h1-3,6,9-10,12,16H,4-5,7-8,11H2,(H,21,25)(H,22,24). The zero-order chi connectivity index (χ0) is 19.2. The van der Waals surface area contributed by atoms with Gasteiger partial charge >= 0.3 is 0 Å². The van der Waals surface area contributed by atoms with Gasteiger partial charge in [-0.3, -0.25) is 14.4 Å². The van der Waals surface area contributed by atoms with Gasteiger partial charge in [0.25, 0.3) is 11.8 Å². The first-order chi connectivity index (χ1) is 13.0. The molecule has 8 heteroatoms. The third-order valence-corrected chi connectivity index (χ3v) is 4.65. The van der Waals surface area contributed by atoms with Gasteiger partial charge in [0.2, 0.25) is 5.91 Å². The van der Waals surface area contributed by atoms with E-state index in [1.807, 2.05) is 0 Å². The number of nitrogens with one attached hydrogen (secondary N) is 2. The molecule has 0 unspecified atom stereocenters. The van der Waals surface area contributed by atoms with Gasteiger partial charge in [-0.1, -0.05) is 17.7 Å². The first kappa shape index (κ1) is 19.0. The van der Waals surface area contributed by atoms with E-state index in [1.54, 1.807) is 35.2 Å². The minimum atomic E-state index is -0.354. The average Bonchev–Trinajstić information content (AvgIpc) is 3.21. The van der Waals surface area contributed by atoms with Crippen LogP contribution in [0.5, 0.6) is 0 Å². The number of benzene rings is 1. The zero-order valence-corrected chi connectivity index (χ0v) is 15.4. The molecule has 1 aromatic heterocycles. The number of likely N-dealkylation sites (tertiary alicyclic amines) is 1. The van der Waals surface area contributed by atoms with Gasteiger partial charge in [-0.15, -0.1) is 0 Å². The Morgan fingerprint density at radius 1 is 1.15 bits per heavy atom. The quantitative estimate of drug-likeness (QED) is 0.819. The van der Waals surface area contributed by atoms with Crippen molar-refractivity contribution in [2.45, 2.75) is 18.9 Å². The fourth-order valence-electron chi connectivity index (χ4n) is 2.97. The van der Waals surface area contributed by atoms with E-state index >= 15 is 0 Å². The Hall–Kier alpha value is -2.80. The highest BCUT2D eigenvalue weighted by Crippen LogP contribution is 2.14. The molecule has 1 aliphatic rings. The number of hydrogen-bond acceptors (Lipinski definition) is 4. The molecule has 0 radical (unpaired) electrons. The Morgan fingerprint density at radius 2 is 1.93 bits per heavy atom. The predicted molar refractivity (Wildman–Crippen MR) is 99.6 cm³/mol. The second-order valence-corrected chi connectivity index (χ2v) is 6.78. The van der Waals surface area contributed by atoms with E-state index in [1.165, 1.54) is 12.5 Å². The number of rotatable bonds is 5. The molecule has 2 N–H and O–H groups in total. The minimum absolute atomic E-state index is 0.0195. The smallest absolute Gasteiger partial charge is 0.257 e. The van der Waals surface area contributed by atoms with Crippen LogP contribution < -0.4 is 10.6 Å². The summed E-state index contributed by atoms with van der Waals surface area (Å²) in [5.74, 6) is -0.680. The molecule has 0 atom stereocenters. The molecule has 1 aromatic carbocycles. The lowest BCUT2D eigenvalue weighted by Gasteiger charge is -2.32. The van der Waals surface area contributed by atoms with E-state index in [2.05, 4.69) is 10.6 Å². The lowest BCUT2D eigenvalue weighted by molar-refractivity contribution is -0.121. The summed E-state index contributed by atoms with van der Waals surface area (Å²) < 4.78 is 4.94. The summed E-state index contributed by atoms with van der Waals surface area (Å²) in [6, 6.07) is 8.14. The van der Waals surface area contributed by atoms with Gasteiger partial charge in [-0.2, -0.15) is 0 Å². The molecule has 0 bridgehead atoms. The molecule has 7 nitrogen and oxygen atoms in total. The summed E-state index contributed by atoms with van der Waals surface area (Å²) in [6.07, 6.45) is 4.23. The molecular weight excluding hydrogens is 370 g/mol. The molecule has 2 aromatic rings. The van der Waals surface area contributed by atoms with Gasteiger partial charge in [0.1, 0.15) is 6.26 Å². The number of nitrogens with zero attached hydrogens (tertiary/aromatic N) is 1. The highest BCUT2D eigenvalue weighted by Gasteiger charge is 2.25. The number of amides is 3. The molecule has 3 amide bonds. The number of piperidine rings is 1. The van der Waals surface area contributed by atoms with Crippen molar-refractivity contribution in [3.8, 4) is 0 Å². The third kappa shape index (κ3) is 5.10. The number of carbonyl (C=O) groups is 3. The van der Waals surface area contributed by atoms with Crippen LogP contribution >= 0.6 is 11.6 Å². The Kier molecular flexibility index (Phi) is 6.13. The van der Waals surface area contributed by atoms with E-state index in [0.29, 0.717) is 42.1 Å². The Morgan fingerprint density at radius 3 is 2.59 bits per heavy atom. The SMILES string of the molecule is O=C(CNC(=O)c1cccc(Cl)c1)NC1CCN(C(=O)c2ccoc2)CC1. The molecule has 1 saturated heterocycles. The van der Waals surface area contributed by atoms with Crippen LogP contribution in [-0.2, 0) is 4.79 Å². The lowest BCUT2D eigenvalue weighted by atomic mass is 10.0. The van der Waals surface area contributed by atoms with Crippen LogP contribution in [0.4, 0.5) is 0 Å². The number of carbonyl (C=O) groups excluding carboxylic acids is 3. The molecule has 0 saturated carbocycles. The highest BCUT2D eigenvalue weighted by molar-refractivity contribution is 6.31. The molecular formula is C19H20ClN3O4. The highest BCUT2D eigenvalue weighted by atomic mass is 35.5. The van der Waals surface area contributed by atoms with Gasteiger partial charge in [-0.25, -0.2) is 0 Å². The largest absolute Gasteiger partial charge is 0.472 e. The summed E-state index contributed by atoms with van der Waals surface area (Å²) in [5, 5.41) is 5.93. The molecule has 3 rings (SSSR count). The van der Waals surface area contributed by atoms with E-state index < -0.39 is 0 Å². The molecule has 2 heterocycles. The van der Waals surface area contributed by atoms with Gasteiger partial charge in [0.05, 0.1) is 18.4 Å². The van der Waals surface area contributed by atoms with Gasteiger partial charge in [0, 0.05) is 29.7 Å². The van der Waals surface area contributed by atoms with Crippen molar-refractivity contribution >= 4 is 29.3 Å². The summed E-state index contributed by atoms with van der Waals surface area (Å²) >= 11 is 5.85. The first-order valence-corrected chi connectivity index (χ1v) is 9.05. The van der Waals surface area contributed by atoms with Crippen molar-refractivity contribution in [1.29, 1.82) is 0 Å². The van der Waals surface area contributed by atoms with Crippen LogP contribution in [0.1, 0.15) is 33.6 Å². The topological polar surface area (TPSA) is 91.7 Å². The van der Waals surface area contributed by atoms with Gasteiger partial charge in [0.15, 0.2) is 0 Å². The van der Waals surface area contributed by atoms with Crippen molar-refractivity contribution in [3.05, 3.63) is 59.0 Å². The first-order valence-electron chi connectivity index (χ1n) is 8.67. The van der Waals surface area contributed by atoms with Crippen LogP contribution in [0, 0.1) is 0 Å². The summed E-state index contributed by atoms with van der Waals surface area (Å²) in [6.45, 7) is 1.01. The number of furan rings is 1. The summed E-state index contributed by atoms with van der Waals surface area (Å²) in [4.78, 5) is 38.1. The Labute approximate surface area is 161 Å². The van der Waals surface area contributed by atoms with Crippen LogP contribution in [0.15, 0.2) is 47.3 Å². The lowest BCUT2D eigenvalue weighted by Crippen LogP contribution is -2.48. The fourth-order valence-corrected chi connectivity index (χ4v) is 3.16. The molecule has 0 spiro atoms. The second-order valence-electron chi connectivity index (χ2n) is 6.34. The predicted octanol–water partition coefficient (Wildman–Crippen LogP) is 2.08. The van der Waals surface area contributed by atoms with Crippen molar-refractivity contribution in [1.82, 2.24) is 15.5 Å². The van der Waals surface area contributed by atoms with Gasteiger partial charge in [-0.05, 0) is 37.1 Å². The van der Waals surface area contributed by atoms with E-state index in [9.17, 15) is 14.4 Å². The Bertz CT molecular complexity index is 814. The van der Waals surface area contributed by atoms with E-state index in [4.69, 9.17) is 16.0 Å². The van der Waals surface area contributed by atoms with Crippen molar-refractivity contribution in [2.75, 3.05) is 19.6 Å². The maximum absolute atomic E-state index is 12.2. The Balaban J connectivity index is 1.40. The summed E-state index contributed by atoms with van der Waals surface area (Å²) in [7, 11) is 0. The number of hydrogen-bond donors (Lipinski definition) is 2. The second kappa shape index (κ2) is 8.73. The maximum Gasteiger partial charge on any atom is 0.257 e. The van der Waals surface area contributed by atoms with Crippen LogP contribution in [0.3, 0.4) is 0 Å². The molecule has 1 fully saturated rings. The summed E-state index contributed by atoms with van der Waals surface area (Å²) in [5.41, 5.74) is 0.933. The van der Waals surface area contributed by atoms with Crippen LogP contribution in [-0.4, -0.2) is 48.3 Å². The van der Waals surface area contributed by atoms with Crippen molar-refractivity contribution < 1.29 is 18.8 Å². The minimum Gasteiger partial charge on any atom is -0.472 e. The van der Waals surface area contributed by atoms with E-state index in [0.717, 1.165) is 0 Å². The molecule has 27 heavy (non-hydrogen) atoms. The van der Waals surface area contributed by atoms with Crippen molar-refractivity contribution in [2.24, 2.45) is 0 Å². The average molecular weight is 390 g/mol. The molecule has 0 aliphatic carbocycles. The fraction of sp³-hybridized carbons (Fsp3) is 0.316. The zero-order valence-electron chi connectivity index (χ0n) is 14.6. The molecule has 1 aliphatic heterocycles. The van der Waals surface area contributed by atoms with Crippen LogP contribution in [0.25, 0.3) is 0 Å². The monoisotopic (exact) mass is 389 g/mol. The number of halogens is 1. The molecule has 142 valence electrons. The maximum atomic E-state index is 12.2. The third-order valence-electron chi connectivity index (χ3n) is 4.41. The van der Waals surface area contributed by atoms with Gasteiger partial charge < -0.3 is 20.0 Å². The van der Waals surface area contributed by atoms with Crippen molar-refractivity contribution in [3.63, 3.8) is 0 Å². The normalized spacial score (nSPS) is 14.6. The van der Waals surface area contributed by atoms with E-state index in [-0.39, 0.29) is 30.3 Å².